The van der Waals surface area contributed by atoms with E-state index in [2.05, 4.69) is 4.98 Å². The highest BCUT2D eigenvalue weighted by atomic mass is 16.5. The van der Waals surface area contributed by atoms with E-state index in [1.54, 1.807) is 24.5 Å². The van der Waals surface area contributed by atoms with Gasteiger partial charge in [0.1, 0.15) is 18.2 Å². The van der Waals surface area contributed by atoms with E-state index >= 15 is 0 Å². The van der Waals surface area contributed by atoms with E-state index < -0.39 is 0 Å². The molecule has 0 aromatic carbocycles. The second-order valence-corrected chi connectivity index (χ2v) is 2.00. The third kappa shape index (κ3) is 2.66. The molecule has 58 valence electrons. The molecular formula is C7H9N3O. The fourth-order valence-corrected chi connectivity index (χ4v) is 0.594. The Morgan fingerprint density at radius 3 is 3.09 bits per heavy atom. The molecule has 4 heteroatoms. The lowest BCUT2D eigenvalue weighted by Crippen LogP contribution is -2.19. The second kappa shape index (κ2) is 3.55. The van der Waals surface area contributed by atoms with Crippen molar-refractivity contribution in [3.63, 3.8) is 0 Å². The molecule has 0 aliphatic carbocycles. The van der Waals surface area contributed by atoms with Gasteiger partial charge in [0.2, 0.25) is 0 Å². The Bertz CT molecular complexity index is 235. The molecule has 0 aliphatic heterocycles. The van der Waals surface area contributed by atoms with Crippen molar-refractivity contribution in [2.45, 2.75) is 0 Å². The van der Waals surface area contributed by atoms with Crippen LogP contribution in [0, 0.1) is 5.41 Å². The van der Waals surface area contributed by atoms with Crippen molar-refractivity contribution in [1.82, 2.24) is 4.98 Å². The Labute approximate surface area is 64.5 Å². The minimum Gasteiger partial charge on any atom is -0.484 e. The Morgan fingerprint density at radius 1 is 1.73 bits per heavy atom. The molecule has 0 saturated carbocycles. The summed E-state index contributed by atoms with van der Waals surface area (Å²) in [5.41, 5.74) is 5.08. The predicted molar refractivity (Wildman–Crippen MR) is 41.6 cm³/mol. The summed E-state index contributed by atoms with van der Waals surface area (Å²) in [5.74, 6) is 0.636. The van der Waals surface area contributed by atoms with Crippen LogP contribution < -0.4 is 10.5 Å². The summed E-state index contributed by atoms with van der Waals surface area (Å²) in [7, 11) is 0. The van der Waals surface area contributed by atoms with Crippen LogP contribution in [0.5, 0.6) is 5.75 Å². The van der Waals surface area contributed by atoms with Crippen LogP contribution in [0.1, 0.15) is 0 Å². The van der Waals surface area contributed by atoms with Gasteiger partial charge in [-0.05, 0) is 12.1 Å². The summed E-state index contributed by atoms with van der Waals surface area (Å²) in [6, 6.07) is 3.52. The number of hydrogen-bond acceptors (Lipinski definition) is 3. The van der Waals surface area contributed by atoms with Gasteiger partial charge < -0.3 is 10.5 Å². The summed E-state index contributed by atoms with van der Waals surface area (Å²) in [4.78, 5) is 3.83. The molecule has 1 heterocycles. The average molecular weight is 151 g/mol. The molecule has 0 unspecified atom stereocenters. The van der Waals surface area contributed by atoms with E-state index in [1.807, 2.05) is 0 Å². The maximum Gasteiger partial charge on any atom is 0.145 e. The smallest absolute Gasteiger partial charge is 0.145 e. The van der Waals surface area contributed by atoms with Crippen LogP contribution in [0.15, 0.2) is 24.5 Å². The third-order valence-electron chi connectivity index (χ3n) is 1.03. The molecule has 1 rings (SSSR count). The van der Waals surface area contributed by atoms with E-state index in [0.29, 0.717) is 5.75 Å². The van der Waals surface area contributed by atoms with Crippen LogP contribution in [0.2, 0.25) is 0 Å². The first kappa shape index (κ1) is 7.53. The number of nitrogens with one attached hydrogen (secondary N) is 1. The monoisotopic (exact) mass is 151 g/mol. The Morgan fingerprint density at radius 2 is 2.55 bits per heavy atom. The predicted octanol–water partition coefficient (Wildman–Crippen LogP) is 0.396. The number of pyridine rings is 1. The van der Waals surface area contributed by atoms with Crippen molar-refractivity contribution in [3.8, 4) is 5.75 Å². The fraction of sp³-hybridized carbons (Fsp3) is 0.143. The molecule has 0 bridgehead atoms. The van der Waals surface area contributed by atoms with E-state index in [4.69, 9.17) is 15.9 Å². The van der Waals surface area contributed by atoms with Crippen molar-refractivity contribution in [1.29, 1.82) is 5.41 Å². The van der Waals surface area contributed by atoms with Gasteiger partial charge in [0.15, 0.2) is 0 Å². The molecule has 0 saturated heterocycles. The molecule has 4 nitrogen and oxygen atoms in total. The van der Waals surface area contributed by atoms with Crippen LogP contribution in [-0.4, -0.2) is 17.4 Å². The Kier molecular flexibility index (Phi) is 2.43. The van der Waals surface area contributed by atoms with Crippen molar-refractivity contribution >= 4 is 5.84 Å². The largest absolute Gasteiger partial charge is 0.484 e. The molecule has 0 atom stereocenters. The van der Waals surface area contributed by atoms with Crippen LogP contribution in [0.3, 0.4) is 0 Å². The van der Waals surface area contributed by atoms with Crippen LogP contribution in [0.4, 0.5) is 0 Å². The van der Waals surface area contributed by atoms with Crippen molar-refractivity contribution in [2.75, 3.05) is 6.61 Å². The minimum absolute atomic E-state index is 0.00820. The summed E-state index contributed by atoms with van der Waals surface area (Å²) in [6.07, 6.45) is 3.23. The molecule has 0 aliphatic rings. The first-order chi connectivity index (χ1) is 5.29. The number of aromatic nitrogens is 1. The highest BCUT2D eigenvalue weighted by Crippen LogP contribution is 2.04. The molecule has 1 aromatic rings. The van der Waals surface area contributed by atoms with E-state index in [-0.39, 0.29) is 12.4 Å². The van der Waals surface area contributed by atoms with Gasteiger partial charge in [-0.25, -0.2) is 0 Å². The van der Waals surface area contributed by atoms with Crippen LogP contribution in [0.25, 0.3) is 0 Å². The number of hydrogen-bond donors (Lipinski definition) is 2. The first-order valence-electron chi connectivity index (χ1n) is 3.15. The lowest BCUT2D eigenvalue weighted by molar-refractivity contribution is 0.373. The molecule has 0 fully saturated rings. The second-order valence-electron chi connectivity index (χ2n) is 2.00. The average Bonchev–Trinajstić information content (AvgIpc) is 2.03. The normalized spacial score (nSPS) is 9.09. The molecule has 3 N–H and O–H groups in total. The Balaban J connectivity index is 2.45. The Hall–Kier alpha value is -1.58. The number of rotatable bonds is 3. The lowest BCUT2D eigenvalue weighted by Gasteiger charge is -2.01. The number of nitrogens with two attached hydrogens (primary N) is 1. The highest BCUT2D eigenvalue weighted by molar-refractivity contribution is 5.78. The van der Waals surface area contributed by atoms with E-state index in [9.17, 15) is 0 Å². The quantitative estimate of drug-likeness (QED) is 0.485. The zero-order chi connectivity index (χ0) is 8.10. The third-order valence-corrected chi connectivity index (χ3v) is 1.03. The van der Waals surface area contributed by atoms with Gasteiger partial charge in [0, 0.05) is 6.20 Å². The fourth-order valence-electron chi connectivity index (χ4n) is 0.594. The standard InChI is InChI=1S/C7H9N3O/c8-7(9)5-11-6-2-1-3-10-4-6/h1-4H,5H2,(H3,8,9). The summed E-state index contributed by atoms with van der Waals surface area (Å²) in [5, 5.41) is 6.88. The summed E-state index contributed by atoms with van der Waals surface area (Å²) < 4.78 is 5.06. The van der Waals surface area contributed by atoms with Gasteiger partial charge >= 0.3 is 0 Å². The van der Waals surface area contributed by atoms with Crippen LogP contribution in [-0.2, 0) is 0 Å². The van der Waals surface area contributed by atoms with Gasteiger partial charge in [-0.2, -0.15) is 0 Å². The van der Waals surface area contributed by atoms with Crippen molar-refractivity contribution in [2.24, 2.45) is 5.73 Å². The number of nitrogens with zero attached hydrogens (tertiary/aromatic N) is 1. The SMILES string of the molecule is N=C(N)COc1cccnc1. The van der Waals surface area contributed by atoms with Gasteiger partial charge in [0.05, 0.1) is 6.20 Å². The molecule has 0 radical (unpaired) electrons. The molecular weight excluding hydrogens is 142 g/mol. The molecule has 0 spiro atoms. The van der Waals surface area contributed by atoms with Gasteiger partial charge in [-0.15, -0.1) is 0 Å². The lowest BCUT2D eigenvalue weighted by atomic mass is 10.5. The topological polar surface area (TPSA) is 72.0 Å². The van der Waals surface area contributed by atoms with Crippen molar-refractivity contribution < 1.29 is 4.74 Å². The summed E-state index contributed by atoms with van der Waals surface area (Å²) >= 11 is 0. The van der Waals surface area contributed by atoms with Crippen LogP contribution >= 0.6 is 0 Å². The van der Waals surface area contributed by atoms with E-state index in [0.717, 1.165) is 0 Å². The number of amidine groups is 1. The van der Waals surface area contributed by atoms with Gasteiger partial charge in [0.25, 0.3) is 0 Å². The first-order valence-corrected chi connectivity index (χ1v) is 3.15. The van der Waals surface area contributed by atoms with E-state index in [1.165, 1.54) is 0 Å². The number of ether oxygens (including phenoxy) is 1. The maximum atomic E-state index is 6.88. The summed E-state index contributed by atoms with van der Waals surface area (Å²) in [6.45, 7) is 0.117. The van der Waals surface area contributed by atoms with Gasteiger partial charge in [-0.3, -0.25) is 10.4 Å². The molecule has 0 amide bonds. The zero-order valence-electron chi connectivity index (χ0n) is 5.95. The zero-order valence-corrected chi connectivity index (χ0v) is 5.95. The highest BCUT2D eigenvalue weighted by Gasteiger charge is 1.91. The van der Waals surface area contributed by atoms with Crippen molar-refractivity contribution in [3.05, 3.63) is 24.5 Å². The molecule has 11 heavy (non-hydrogen) atoms. The maximum absolute atomic E-state index is 6.88. The molecule has 1 aromatic heterocycles. The minimum atomic E-state index is 0.00820. The van der Waals surface area contributed by atoms with Gasteiger partial charge in [-0.1, -0.05) is 0 Å².